The Labute approximate surface area is 89.3 Å². The average molecular weight is 218 g/mol. The van der Waals surface area contributed by atoms with Gasteiger partial charge in [0, 0.05) is 18.6 Å². The first-order valence-corrected chi connectivity index (χ1v) is 5.83. The van der Waals surface area contributed by atoms with Gasteiger partial charge in [-0.05, 0) is 19.3 Å². The highest BCUT2D eigenvalue weighted by atomic mass is 32.2. The number of rotatable bonds is 7. The molecule has 0 aromatic rings. The third-order valence-electron chi connectivity index (χ3n) is 1.86. The van der Waals surface area contributed by atoms with Gasteiger partial charge in [-0.2, -0.15) is 0 Å². The lowest BCUT2D eigenvalue weighted by Crippen LogP contribution is -2.06. The highest BCUT2D eigenvalue weighted by Crippen LogP contribution is 2.22. The van der Waals surface area contributed by atoms with E-state index in [2.05, 4.69) is 6.92 Å². The Hall–Kier alpha value is -0.510. The van der Waals surface area contributed by atoms with Crippen molar-refractivity contribution in [2.24, 2.45) is 0 Å². The predicted molar refractivity (Wildman–Crippen MR) is 58.5 cm³/mol. The third kappa shape index (κ3) is 8.10. The van der Waals surface area contributed by atoms with Crippen LogP contribution < -0.4 is 0 Å². The molecule has 3 nitrogen and oxygen atoms in total. The van der Waals surface area contributed by atoms with Crippen molar-refractivity contribution < 1.29 is 14.7 Å². The molecular weight excluding hydrogens is 200 g/mol. The van der Waals surface area contributed by atoms with Crippen molar-refractivity contribution in [3.8, 4) is 0 Å². The fourth-order valence-corrected chi connectivity index (χ4v) is 2.41. The van der Waals surface area contributed by atoms with Crippen LogP contribution in [-0.4, -0.2) is 21.4 Å². The summed E-state index contributed by atoms with van der Waals surface area (Å²) >= 11 is 1.34. The van der Waals surface area contributed by atoms with Crippen LogP contribution >= 0.6 is 11.8 Å². The Balaban J connectivity index is 3.72. The second-order valence-corrected chi connectivity index (χ2v) is 4.78. The summed E-state index contributed by atoms with van der Waals surface area (Å²) in [5.41, 5.74) is 0. The largest absolute Gasteiger partial charge is 0.481 e. The molecule has 0 aromatic heterocycles. The van der Waals surface area contributed by atoms with E-state index in [9.17, 15) is 9.59 Å². The van der Waals surface area contributed by atoms with Crippen molar-refractivity contribution in [2.45, 2.75) is 51.2 Å². The van der Waals surface area contributed by atoms with Crippen LogP contribution in [0.3, 0.4) is 0 Å². The van der Waals surface area contributed by atoms with Gasteiger partial charge in [-0.1, -0.05) is 25.1 Å². The van der Waals surface area contributed by atoms with E-state index in [0.29, 0.717) is 11.7 Å². The van der Waals surface area contributed by atoms with Gasteiger partial charge in [-0.3, -0.25) is 9.59 Å². The molecular formula is C10H18O3S. The third-order valence-corrected chi connectivity index (χ3v) is 3.00. The molecule has 1 unspecified atom stereocenters. The maximum atomic E-state index is 10.9. The Morgan fingerprint density at radius 1 is 1.36 bits per heavy atom. The number of hydrogen-bond donors (Lipinski definition) is 1. The number of carbonyl (C=O) groups is 2. The molecule has 0 radical (unpaired) electrons. The fraction of sp³-hybridized carbons (Fsp3) is 0.800. The zero-order valence-electron chi connectivity index (χ0n) is 8.78. The number of thioether (sulfide) groups is 1. The molecule has 0 bridgehead atoms. The van der Waals surface area contributed by atoms with Crippen molar-refractivity contribution in [2.75, 3.05) is 0 Å². The molecule has 1 N–H and O–H groups in total. The Bertz CT molecular complexity index is 192. The summed E-state index contributed by atoms with van der Waals surface area (Å²) in [6, 6.07) is 0. The monoisotopic (exact) mass is 218 g/mol. The van der Waals surface area contributed by atoms with E-state index in [1.807, 2.05) is 0 Å². The summed E-state index contributed by atoms with van der Waals surface area (Å²) in [4.78, 5) is 21.2. The van der Waals surface area contributed by atoms with Crippen LogP contribution in [0, 0.1) is 0 Å². The number of hydrogen-bond acceptors (Lipinski definition) is 3. The van der Waals surface area contributed by atoms with E-state index in [1.54, 1.807) is 6.92 Å². The summed E-state index contributed by atoms with van der Waals surface area (Å²) < 4.78 is 0. The molecule has 0 amide bonds. The molecule has 0 aromatic carbocycles. The minimum Gasteiger partial charge on any atom is -0.481 e. The zero-order valence-corrected chi connectivity index (χ0v) is 9.60. The summed E-state index contributed by atoms with van der Waals surface area (Å²) in [7, 11) is 0. The molecule has 4 heteroatoms. The van der Waals surface area contributed by atoms with Gasteiger partial charge in [-0.25, -0.2) is 0 Å². The van der Waals surface area contributed by atoms with E-state index in [4.69, 9.17) is 5.11 Å². The first kappa shape index (κ1) is 13.5. The topological polar surface area (TPSA) is 54.4 Å². The van der Waals surface area contributed by atoms with Crippen LogP contribution in [0.1, 0.15) is 46.0 Å². The molecule has 0 rings (SSSR count). The van der Waals surface area contributed by atoms with Gasteiger partial charge in [0.2, 0.25) is 0 Å². The highest BCUT2D eigenvalue weighted by molar-refractivity contribution is 8.14. The van der Waals surface area contributed by atoms with Crippen LogP contribution in [0.2, 0.25) is 0 Å². The van der Waals surface area contributed by atoms with Crippen molar-refractivity contribution >= 4 is 22.8 Å². The van der Waals surface area contributed by atoms with Gasteiger partial charge in [0.05, 0.1) is 0 Å². The van der Waals surface area contributed by atoms with Crippen molar-refractivity contribution in [3.63, 3.8) is 0 Å². The summed E-state index contributed by atoms with van der Waals surface area (Å²) in [6.45, 7) is 3.63. The lowest BCUT2D eigenvalue weighted by Gasteiger charge is -2.12. The van der Waals surface area contributed by atoms with E-state index in [0.717, 1.165) is 19.3 Å². The fourth-order valence-electron chi connectivity index (χ4n) is 1.30. The highest BCUT2D eigenvalue weighted by Gasteiger charge is 2.11. The first-order valence-electron chi connectivity index (χ1n) is 4.95. The van der Waals surface area contributed by atoms with Crippen LogP contribution in [0.15, 0.2) is 0 Å². The minimum absolute atomic E-state index is 0.124. The molecule has 0 heterocycles. The maximum absolute atomic E-state index is 10.9. The van der Waals surface area contributed by atoms with Gasteiger partial charge < -0.3 is 5.11 Å². The number of carbonyl (C=O) groups excluding carboxylic acids is 1. The Morgan fingerprint density at radius 3 is 2.43 bits per heavy atom. The second-order valence-electron chi connectivity index (χ2n) is 3.31. The van der Waals surface area contributed by atoms with Crippen LogP contribution in [-0.2, 0) is 9.59 Å². The lowest BCUT2D eigenvalue weighted by molar-refractivity contribution is -0.137. The molecule has 1 atom stereocenters. The summed E-state index contributed by atoms with van der Waals surface area (Å²) in [5.74, 6) is -0.756. The molecule has 0 fully saturated rings. The number of aliphatic carboxylic acids is 1. The molecule has 0 aliphatic carbocycles. The SMILES string of the molecule is CCCC(CCCC(=O)O)SC(C)=O. The molecule has 82 valence electrons. The number of carboxylic acid groups (broad SMARTS) is 1. The predicted octanol–water partition coefficient (Wildman–Crippen LogP) is 2.69. The van der Waals surface area contributed by atoms with Crippen LogP contribution in [0.5, 0.6) is 0 Å². The van der Waals surface area contributed by atoms with Gasteiger partial charge in [-0.15, -0.1) is 0 Å². The minimum atomic E-state index is -0.756. The molecule has 0 saturated carbocycles. The van der Waals surface area contributed by atoms with Gasteiger partial charge in [0.25, 0.3) is 0 Å². The Kier molecular flexibility index (Phi) is 7.57. The molecule has 0 aliphatic rings. The molecule has 0 aliphatic heterocycles. The summed E-state index contributed by atoms with van der Waals surface area (Å²) in [6.07, 6.45) is 3.73. The van der Waals surface area contributed by atoms with Crippen molar-refractivity contribution in [1.29, 1.82) is 0 Å². The standard InChI is InChI=1S/C10H18O3S/c1-3-5-9(14-8(2)11)6-4-7-10(12)13/h9H,3-7H2,1-2H3,(H,12,13). The normalized spacial score (nSPS) is 12.4. The lowest BCUT2D eigenvalue weighted by atomic mass is 10.1. The molecule has 0 saturated heterocycles. The van der Waals surface area contributed by atoms with E-state index in [1.165, 1.54) is 11.8 Å². The first-order chi connectivity index (χ1) is 6.56. The average Bonchev–Trinajstić information content (AvgIpc) is 2.02. The van der Waals surface area contributed by atoms with Gasteiger partial charge in [0.15, 0.2) is 5.12 Å². The van der Waals surface area contributed by atoms with Crippen LogP contribution in [0.4, 0.5) is 0 Å². The number of carboxylic acids is 1. The van der Waals surface area contributed by atoms with Crippen molar-refractivity contribution in [3.05, 3.63) is 0 Å². The van der Waals surface area contributed by atoms with Crippen molar-refractivity contribution in [1.82, 2.24) is 0 Å². The van der Waals surface area contributed by atoms with Gasteiger partial charge >= 0.3 is 5.97 Å². The van der Waals surface area contributed by atoms with Gasteiger partial charge in [0.1, 0.15) is 0 Å². The maximum Gasteiger partial charge on any atom is 0.303 e. The summed E-state index contributed by atoms with van der Waals surface area (Å²) in [5, 5.41) is 8.89. The zero-order chi connectivity index (χ0) is 11.0. The van der Waals surface area contributed by atoms with E-state index < -0.39 is 5.97 Å². The quantitative estimate of drug-likeness (QED) is 0.713. The molecule has 0 spiro atoms. The molecule has 14 heavy (non-hydrogen) atoms. The van der Waals surface area contributed by atoms with Crippen LogP contribution in [0.25, 0.3) is 0 Å². The smallest absolute Gasteiger partial charge is 0.303 e. The second kappa shape index (κ2) is 7.85. The van der Waals surface area contributed by atoms with E-state index >= 15 is 0 Å². The Morgan fingerprint density at radius 2 is 2.00 bits per heavy atom. The van der Waals surface area contributed by atoms with E-state index in [-0.39, 0.29) is 11.5 Å².